The molecule has 2 aromatic rings. The van der Waals surface area contributed by atoms with Crippen LogP contribution in [0.2, 0.25) is 5.02 Å². The lowest BCUT2D eigenvalue weighted by molar-refractivity contribution is -0.140. The maximum atomic E-state index is 12.4. The van der Waals surface area contributed by atoms with Crippen molar-refractivity contribution < 1.29 is 9.53 Å². The van der Waals surface area contributed by atoms with Gasteiger partial charge in [-0.1, -0.05) is 11.6 Å². The molecular formula is C14H16ClN5O2. The van der Waals surface area contributed by atoms with Crippen LogP contribution in [0.5, 0.6) is 0 Å². The first-order valence-corrected chi connectivity index (χ1v) is 7.36. The van der Waals surface area contributed by atoms with E-state index >= 15 is 0 Å². The van der Waals surface area contributed by atoms with Crippen LogP contribution in [0.3, 0.4) is 0 Å². The van der Waals surface area contributed by atoms with Crippen LogP contribution in [0.15, 0.2) is 24.7 Å². The van der Waals surface area contributed by atoms with Gasteiger partial charge in [0.2, 0.25) is 5.91 Å². The molecule has 2 aromatic heterocycles. The van der Waals surface area contributed by atoms with E-state index in [1.54, 1.807) is 17.3 Å². The summed E-state index contributed by atoms with van der Waals surface area (Å²) in [4.78, 5) is 22.6. The van der Waals surface area contributed by atoms with Crippen LogP contribution < -0.4 is 0 Å². The molecule has 3 heterocycles. The first-order valence-electron chi connectivity index (χ1n) is 6.99. The number of aryl methyl sites for hydroxylation is 1. The summed E-state index contributed by atoms with van der Waals surface area (Å²) in [6.45, 7) is 3.52. The molecule has 8 heteroatoms. The van der Waals surface area contributed by atoms with Gasteiger partial charge < -0.3 is 9.64 Å². The third-order valence-corrected chi connectivity index (χ3v) is 3.64. The zero-order valence-corrected chi connectivity index (χ0v) is 12.9. The molecule has 7 nitrogen and oxygen atoms in total. The number of halogens is 1. The number of aromatic nitrogens is 4. The van der Waals surface area contributed by atoms with E-state index in [4.69, 9.17) is 16.3 Å². The molecule has 0 N–H and O–H groups in total. The summed E-state index contributed by atoms with van der Waals surface area (Å²) in [5.41, 5.74) is 0.798. The predicted molar refractivity (Wildman–Crippen MR) is 79.3 cm³/mol. The highest BCUT2D eigenvalue weighted by molar-refractivity contribution is 6.30. The van der Waals surface area contributed by atoms with Crippen LogP contribution in [0.25, 0.3) is 0 Å². The number of carbonyl (C=O) groups is 1. The van der Waals surface area contributed by atoms with E-state index in [1.807, 2.05) is 13.0 Å². The first-order chi connectivity index (χ1) is 10.6. The van der Waals surface area contributed by atoms with Crippen molar-refractivity contribution in [1.29, 1.82) is 0 Å². The molecule has 1 saturated heterocycles. The predicted octanol–water partition coefficient (Wildman–Crippen LogP) is 1.24. The second-order valence-corrected chi connectivity index (χ2v) is 5.52. The van der Waals surface area contributed by atoms with E-state index in [1.165, 1.54) is 10.9 Å². The van der Waals surface area contributed by atoms with Crippen LogP contribution >= 0.6 is 11.6 Å². The Morgan fingerprint density at radius 3 is 3.14 bits per heavy atom. The van der Waals surface area contributed by atoms with Gasteiger partial charge in [-0.05, 0) is 13.0 Å². The fraction of sp³-hybridized carbons (Fsp3) is 0.429. The lowest BCUT2D eigenvalue weighted by Gasteiger charge is -2.32. The van der Waals surface area contributed by atoms with Crippen molar-refractivity contribution in [1.82, 2.24) is 24.6 Å². The molecule has 1 amide bonds. The van der Waals surface area contributed by atoms with Crippen LogP contribution in [0.4, 0.5) is 0 Å². The normalized spacial score (nSPS) is 18.5. The largest absolute Gasteiger partial charge is 0.368 e. The Kier molecular flexibility index (Phi) is 4.35. The number of morpholine rings is 1. The molecule has 116 valence electrons. The highest BCUT2D eigenvalue weighted by Gasteiger charge is 2.26. The maximum Gasteiger partial charge on any atom is 0.244 e. The molecule has 1 fully saturated rings. The fourth-order valence-electron chi connectivity index (χ4n) is 2.37. The van der Waals surface area contributed by atoms with Crippen LogP contribution in [0, 0.1) is 6.92 Å². The molecule has 0 spiro atoms. The zero-order chi connectivity index (χ0) is 15.5. The smallest absolute Gasteiger partial charge is 0.244 e. The number of amides is 1. The van der Waals surface area contributed by atoms with Crippen molar-refractivity contribution in [2.24, 2.45) is 0 Å². The lowest BCUT2D eigenvalue weighted by Crippen LogP contribution is -2.43. The SMILES string of the molecule is Cc1nccc([C@@H]2CN(C(=O)Cn3cc(Cl)cn3)CCO2)n1. The van der Waals surface area contributed by atoms with Gasteiger partial charge in [-0.25, -0.2) is 9.97 Å². The minimum atomic E-state index is -0.222. The van der Waals surface area contributed by atoms with E-state index in [-0.39, 0.29) is 18.6 Å². The zero-order valence-electron chi connectivity index (χ0n) is 12.1. The average Bonchev–Trinajstić information content (AvgIpc) is 2.92. The summed E-state index contributed by atoms with van der Waals surface area (Å²) in [6.07, 6.45) is 4.62. The Hall–Kier alpha value is -1.99. The number of carbonyl (C=O) groups excluding carboxylic acids is 1. The highest BCUT2D eigenvalue weighted by Crippen LogP contribution is 2.20. The van der Waals surface area contributed by atoms with E-state index < -0.39 is 0 Å². The van der Waals surface area contributed by atoms with Crippen molar-refractivity contribution in [3.8, 4) is 0 Å². The summed E-state index contributed by atoms with van der Waals surface area (Å²) >= 11 is 5.81. The van der Waals surface area contributed by atoms with Crippen molar-refractivity contribution in [2.45, 2.75) is 19.6 Å². The molecule has 1 aliphatic heterocycles. The topological polar surface area (TPSA) is 73.1 Å². The van der Waals surface area contributed by atoms with Gasteiger partial charge in [-0.15, -0.1) is 0 Å². The summed E-state index contributed by atoms with van der Waals surface area (Å²) in [7, 11) is 0. The van der Waals surface area contributed by atoms with Gasteiger partial charge in [-0.3, -0.25) is 9.48 Å². The average molecular weight is 322 g/mol. The minimum absolute atomic E-state index is 0.0150. The standard InChI is InChI=1S/C14H16ClN5O2/c1-10-16-3-2-12(18-10)13-8-19(4-5-22-13)14(21)9-20-7-11(15)6-17-20/h2-3,6-7,13H,4-5,8-9H2,1H3/t13-/m0/s1. The van der Waals surface area contributed by atoms with Crippen LogP contribution in [0.1, 0.15) is 17.6 Å². The first kappa shape index (κ1) is 14.9. The van der Waals surface area contributed by atoms with Crippen molar-refractivity contribution in [3.05, 3.63) is 41.2 Å². The number of hydrogen-bond donors (Lipinski definition) is 0. The number of hydrogen-bond acceptors (Lipinski definition) is 5. The van der Waals surface area contributed by atoms with Gasteiger partial charge in [-0.2, -0.15) is 5.10 Å². The molecule has 0 aliphatic carbocycles. The van der Waals surface area contributed by atoms with Crippen molar-refractivity contribution in [2.75, 3.05) is 19.7 Å². The van der Waals surface area contributed by atoms with Crippen LogP contribution in [-0.4, -0.2) is 50.3 Å². The molecule has 0 unspecified atom stereocenters. The Labute approximate surface area is 132 Å². The Morgan fingerprint density at radius 1 is 1.55 bits per heavy atom. The summed E-state index contributed by atoms with van der Waals surface area (Å²) in [5, 5.41) is 4.54. The summed E-state index contributed by atoms with van der Waals surface area (Å²) < 4.78 is 7.26. The monoisotopic (exact) mass is 321 g/mol. The Balaban J connectivity index is 1.66. The summed E-state index contributed by atoms with van der Waals surface area (Å²) in [6, 6.07) is 1.82. The van der Waals surface area contributed by atoms with Crippen molar-refractivity contribution >= 4 is 17.5 Å². The second kappa shape index (κ2) is 6.41. The quantitative estimate of drug-likeness (QED) is 0.850. The van der Waals surface area contributed by atoms with E-state index in [2.05, 4.69) is 15.1 Å². The molecular weight excluding hydrogens is 306 g/mol. The lowest BCUT2D eigenvalue weighted by atomic mass is 10.2. The third-order valence-electron chi connectivity index (χ3n) is 3.45. The number of rotatable bonds is 3. The molecule has 1 aliphatic rings. The van der Waals surface area contributed by atoms with Gasteiger partial charge in [0.15, 0.2) is 0 Å². The Bertz CT molecular complexity index is 675. The van der Waals surface area contributed by atoms with Gasteiger partial charge in [0, 0.05) is 18.9 Å². The molecule has 3 rings (SSSR count). The molecule has 0 saturated carbocycles. The minimum Gasteiger partial charge on any atom is -0.368 e. The molecule has 22 heavy (non-hydrogen) atoms. The van der Waals surface area contributed by atoms with Gasteiger partial charge in [0.1, 0.15) is 18.5 Å². The third kappa shape index (κ3) is 3.42. The highest BCUT2D eigenvalue weighted by atomic mass is 35.5. The Morgan fingerprint density at radius 2 is 2.41 bits per heavy atom. The second-order valence-electron chi connectivity index (χ2n) is 5.08. The number of nitrogens with zero attached hydrogens (tertiary/aromatic N) is 5. The van der Waals surface area contributed by atoms with Gasteiger partial charge in [0.25, 0.3) is 0 Å². The van der Waals surface area contributed by atoms with Gasteiger partial charge in [0.05, 0.1) is 30.1 Å². The van der Waals surface area contributed by atoms with Gasteiger partial charge >= 0.3 is 0 Å². The maximum absolute atomic E-state index is 12.4. The number of ether oxygens (including phenoxy) is 1. The summed E-state index contributed by atoms with van der Waals surface area (Å²) in [5.74, 6) is 0.676. The van der Waals surface area contributed by atoms with E-state index in [0.29, 0.717) is 30.5 Å². The van der Waals surface area contributed by atoms with Crippen LogP contribution in [-0.2, 0) is 16.1 Å². The molecule has 0 aromatic carbocycles. The van der Waals surface area contributed by atoms with Crippen molar-refractivity contribution in [3.63, 3.8) is 0 Å². The van der Waals surface area contributed by atoms with E-state index in [0.717, 1.165) is 5.69 Å². The fourth-order valence-corrected chi connectivity index (χ4v) is 2.53. The molecule has 1 atom stereocenters. The van der Waals surface area contributed by atoms with E-state index in [9.17, 15) is 4.79 Å². The molecule has 0 radical (unpaired) electrons. The molecule has 0 bridgehead atoms.